The standard InChI is InChI=1S/C18H24N2OS/c1-3-21-16-6-4-14(5-7-16)12-17-20-13(2)18(22-17)15-8-10-19-11-9-15/h4-7,15,19H,3,8-12H2,1-2H3. The quantitative estimate of drug-likeness (QED) is 0.908. The van der Waals surface area contributed by atoms with E-state index in [2.05, 4.69) is 24.4 Å². The van der Waals surface area contributed by atoms with Gasteiger partial charge in [-0.1, -0.05) is 12.1 Å². The minimum absolute atomic E-state index is 0.702. The Hall–Kier alpha value is -1.39. The first-order valence-electron chi connectivity index (χ1n) is 8.15. The second kappa shape index (κ2) is 7.25. The van der Waals surface area contributed by atoms with E-state index >= 15 is 0 Å². The van der Waals surface area contributed by atoms with Gasteiger partial charge in [-0.3, -0.25) is 0 Å². The fourth-order valence-electron chi connectivity index (χ4n) is 3.05. The molecule has 22 heavy (non-hydrogen) atoms. The topological polar surface area (TPSA) is 34.1 Å². The Balaban J connectivity index is 1.70. The summed E-state index contributed by atoms with van der Waals surface area (Å²) in [6.45, 7) is 7.15. The number of rotatable bonds is 5. The van der Waals surface area contributed by atoms with Crippen molar-refractivity contribution >= 4 is 11.3 Å². The number of hydrogen-bond acceptors (Lipinski definition) is 4. The number of nitrogens with zero attached hydrogens (tertiary/aromatic N) is 1. The highest BCUT2D eigenvalue weighted by Crippen LogP contribution is 2.33. The summed E-state index contributed by atoms with van der Waals surface area (Å²) in [4.78, 5) is 6.31. The molecule has 4 heteroatoms. The van der Waals surface area contributed by atoms with Crippen LogP contribution >= 0.6 is 11.3 Å². The molecule has 0 atom stereocenters. The van der Waals surface area contributed by atoms with Gasteiger partial charge in [-0.05, 0) is 63.4 Å². The van der Waals surface area contributed by atoms with E-state index in [4.69, 9.17) is 9.72 Å². The second-order valence-corrected chi connectivity index (χ2v) is 6.95. The highest BCUT2D eigenvalue weighted by Gasteiger charge is 2.20. The van der Waals surface area contributed by atoms with Gasteiger partial charge in [-0.15, -0.1) is 11.3 Å². The molecule has 0 bridgehead atoms. The number of benzene rings is 1. The Morgan fingerprint density at radius 1 is 1.23 bits per heavy atom. The fraction of sp³-hybridized carbons (Fsp3) is 0.500. The zero-order valence-electron chi connectivity index (χ0n) is 13.4. The van der Waals surface area contributed by atoms with Crippen LogP contribution < -0.4 is 10.1 Å². The van der Waals surface area contributed by atoms with Crippen LogP contribution in [0.2, 0.25) is 0 Å². The first-order chi connectivity index (χ1) is 10.8. The third kappa shape index (κ3) is 3.68. The number of thiazole rings is 1. The minimum atomic E-state index is 0.702. The van der Waals surface area contributed by atoms with Crippen LogP contribution in [0, 0.1) is 6.92 Å². The lowest BCUT2D eigenvalue weighted by Crippen LogP contribution is -2.26. The molecule has 0 spiro atoms. The van der Waals surface area contributed by atoms with E-state index in [0.717, 1.165) is 25.3 Å². The van der Waals surface area contributed by atoms with Crippen molar-refractivity contribution < 1.29 is 4.74 Å². The van der Waals surface area contributed by atoms with Crippen LogP contribution in [-0.4, -0.2) is 24.7 Å². The van der Waals surface area contributed by atoms with E-state index in [9.17, 15) is 0 Å². The maximum atomic E-state index is 5.49. The Labute approximate surface area is 136 Å². The molecular formula is C18H24N2OS. The molecule has 1 aromatic carbocycles. The molecule has 1 fully saturated rings. The van der Waals surface area contributed by atoms with Gasteiger partial charge >= 0.3 is 0 Å². The molecule has 0 unspecified atom stereocenters. The molecule has 2 heterocycles. The largest absolute Gasteiger partial charge is 0.494 e. The maximum absolute atomic E-state index is 5.49. The summed E-state index contributed by atoms with van der Waals surface area (Å²) < 4.78 is 5.49. The molecule has 1 N–H and O–H groups in total. The summed E-state index contributed by atoms with van der Waals surface area (Å²) in [5, 5.41) is 4.67. The summed E-state index contributed by atoms with van der Waals surface area (Å²) in [6.07, 6.45) is 3.40. The molecule has 3 rings (SSSR count). The molecule has 1 aliphatic heterocycles. The number of hydrogen-bond donors (Lipinski definition) is 1. The van der Waals surface area contributed by atoms with Crippen molar-refractivity contribution in [2.75, 3.05) is 19.7 Å². The summed E-state index contributed by atoms with van der Waals surface area (Å²) in [5.41, 5.74) is 2.53. The van der Waals surface area contributed by atoms with Crippen molar-refractivity contribution in [2.24, 2.45) is 0 Å². The molecule has 1 saturated heterocycles. The molecule has 3 nitrogen and oxygen atoms in total. The molecule has 118 valence electrons. The highest BCUT2D eigenvalue weighted by molar-refractivity contribution is 7.11. The number of nitrogens with one attached hydrogen (secondary N) is 1. The molecule has 1 aliphatic rings. The average molecular weight is 316 g/mol. The van der Waals surface area contributed by atoms with Gasteiger partial charge in [0.2, 0.25) is 0 Å². The van der Waals surface area contributed by atoms with E-state index in [-0.39, 0.29) is 0 Å². The molecule has 2 aromatic rings. The number of ether oxygens (including phenoxy) is 1. The van der Waals surface area contributed by atoms with Crippen LogP contribution in [0.1, 0.15) is 46.8 Å². The SMILES string of the molecule is CCOc1ccc(Cc2nc(C)c(C3CCNCC3)s2)cc1. The van der Waals surface area contributed by atoms with E-state index in [1.54, 1.807) is 0 Å². The van der Waals surface area contributed by atoms with Crippen molar-refractivity contribution in [3.63, 3.8) is 0 Å². The van der Waals surface area contributed by atoms with E-state index < -0.39 is 0 Å². The Kier molecular flexibility index (Phi) is 5.11. The van der Waals surface area contributed by atoms with Gasteiger partial charge in [0.15, 0.2) is 0 Å². The van der Waals surface area contributed by atoms with Crippen molar-refractivity contribution in [2.45, 2.75) is 39.0 Å². The number of aromatic nitrogens is 1. The summed E-state index contributed by atoms with van der Waals surface area (Å²) >= 11 is 1.91. The zero-order valence-corrected chi connectivity index (χ0v) is 14.2. The molecule has 0 radical (unpaired) electrons. The Morgan fingerprint density at radius 2 is 1.95 bits per heavy atom. The highest BCUT2D eigenvalue weighted by atomic mass is 32.1. The predicted octanol–water partition coefficient (Wildman–Crippen LogP) is 3.91. The monoisotopic (exact) mass is 316 g/mol. The van der Waals surface area contributed by atoms with Gasteiger partial charge in [-0.2, -0.15) is 0 Å². The summed E-state index contributed by atoms with van der Waals surface area (Å²) in [5.74, 6) is 1.64. The molecule has 0 amide bonds. The molecule has 1 aromatic heterocycles. The van der Waals surface area contributed by atoms with Gasteiger partial charge in [0.25, 0.3) is 0 Å². The van der Waals surface area contributed by atoms with Crippen LogP contribution in [0.25, 0.3) is 0 Å². The molecule has 0 saturated carbocycles. The van der Waals surface area contributed by atoms with Crippen LogP contribution in [0.15, 0.2) is 24.3 Å². The second-order valence-electron chi connectivity index (χ2n) is 5.84. The minimum Gasteiger partial charge on any atom is -0.494 e. The van der Waals surface area contributed by atoms with E-state index in [1.165, 1.54) is 34.0 Å². The van der Waals surface area contributed by atoms with Crippen molar-refractivity contribution in [3.8, 4) is 5.75 Å². The van der Waals surface area contributed by atoms with Gasteiger partial charge in [0.05, 0.1) is 17.3 Å². The first-order valence-corrected chi connectivity index (χ1v) is 8.96. The van der Waals surface area contributed by atoms with Crippen LogP contribution in [-0.2, 0) is 6.42 Å². The zero-order chi connectivity index (χ0) is 15.4. The van der Waals surface area contributed by atoms with Crippen molar-refractivity contribution in [3.05, 3.63) is 45.4 Å². The van der Waals surface area contributed by atoms with E-state index in [1.807, 2.05) is 30.4 Å². The lowest BCUT2D eigenvalue weighted by atomic mass is 9.96. The van der Waals surface area contributed by atoms with Gasteiger partial charge in [0.1, 0.15) is 5.75 Å². The van der Waals surface area contributed by atoms with Crippen LogP contribution in [0.3, 0.4) is 0 Å². The molecular weight excluding hydrogens is 292 g/mol. The first kappa shape index (κ1) is 15.5. The van der Waals surface area contributed by atoms with Crippen LogP contribution in [0.5, 0.6) is 5.75 Å². The van der Waals surface area contributed by atoms with E-state index in [0.29, 0.717) is 12.5 Å². The number of aryl methyl sites for hydroxylation is 1. The predicted molar refractivity (Wildman–Crippen MR) is 92.1 cm³/mol. The average Bonchev–Trinajstić information content (AvgIpc) is 2.91. The number of piperidine rings is 1. The Bertz CT molecular complexity index is 600. The van der Waals surface area contributed by atoms with Crippen LogP contribution in [0.4, 0.5) is 0 Å². The lowest BCUT2D eigenvalue weighted by Gasteiger charge is -2.21. The third-order valence-electron chi connectivity index (χ3n) is 4.18. The van der Waals surface area contributed by atoms with Gasteiger partial charge in [-0.25, -0.2) is 4.98 Å². The maximum Gasteiger partial charge on any atom is 0.119 e. The lowest BCUT2D eigenvalue weighted by molar-refractivity contribution is 0.340. The third-order valence-corrected chi connectivity index (χ3v) is 5.50. The van der Waals surface area contributed by atoms with Crippen molar-refractivity contribution in [1.29, 1.82) is 0 Å². The summed E-state index contributed by atoms with van der Waals surface area (Å²) in [6, 6.07) is 8.39. The van der Waals surface area contributed by atoms with Gasteiger partial charge < -0.3 is 10.1 Å². The summed E-state index contributed by atoms with van der Waals surface area (Å²) in [7, 11) is 0. The van der Waals surface area contributed by atoms with Gasteiger partial charge in [0, 0.05) is 11.3 Å². The Morgan fingerprint density at radius 3 is 2.64 bits per heavy atom. The normalized spacial score (nSPS) is 15.9. The smallest absolute Gasteiger partial charge is 0.119 e. The van der Waals surface area contributed by atoms with Crippen molar-refractivity contribution in [1.82, 2.24) is 10.3 Å². The fourth-order valence-corrected chi connectivity index (χ4v) is 4.32. The molecule has 0 aliphatic carbocycles.